The van der Waals surface area contributed by atoms with Crippen molar-refractivity contribution in [3.05, 3.63) is 106 Å². The van der Waals surface area contributed by atoms with Gasteiger partial charge in [-0.1, -0.05) is 36.4 Å². The van der Waals surface area contributed by atoms with Gasteiger partial charge in [0.15, 0.2) is 0 Å². The average Bonchev–Trinajstić information content (AvgIpc) is 2.88. The zero-order chi connectivity index (χ0) is 23.2. The van der Waals surface area contributed by atoms with Gasteiger partial charge in [0.1, 0.15) is 0 Å². The summed E-state index contributed by atoms with van der Waals surface area (Å²) in [7, 11) is 0. The van der Waals surface area contributed by atoms with Crippen LogP contribution in [0.2, 0.25) is 0 Å². The molecule has 1 amide bonds. The second-order valence-electron chi connectivity index (χ2n) is 9.35. The van der Waals surface area contributed by atoms with Crippen LogP contribution in [0.4, 0.5) is 0 Å². The first-order valence-corrected chi connectivity index (χ1v) is 11.6. The van der Waals surface area contributed by atoms with Gasteiger partial charge in [0.2, 0.25) is 0 Å². The SMILES string of the molecule is N#Cc1ccc(C(=O)N2C[C@@H]3C[C@H](C2)c2ccc(-c4ccc5ccccc5c4)c(=O)n2C3)cc1. The molecule has 5 nitrogen and oxygen atoms in total. The molecule has 5 heteroatoms. The van der Waals surface area contributed by atoms with E-state index in [0.717, 1.165) is 34.0 Å². The maximum atomic E-state index is 13.5. The first-order valence-electron chi connectivity index (χ1n) is 11.6. The standard InChI is InChI=1S/C29H23N3O2/c30-15-19-5-7-22(8-6-19)28(33)31-16-20-13-25(18-31)27-12-11-26(29(34)32(27)17-20)24-10-9-21-3-1-2-4-23(21)14-24/h1-12,14,20,25H,13,16-18H2/t20-,25+/m0/s1. The molecule has 2 bridgehead atoms. The molecule has 3 aromatic carbocycles. The van der Waals surface area contributed by atoms with Gasteiger partial charge in [0.05, 0.1) is 11.6 Å². The molecular formula is C29H23N3O2. The van der Waals surface area contributed by atoms with Crippen LogP contribution in [0.3, 0.4) is 0 Å². The van der Waals surface area contributed by atoms with Gasteiger partial charge in [0.25, 0.3) is 11.5 Å². The second kappa shape index (κ2) is 8.00. The van der Waals surface area contributed by atoms with Gasteiger partial charge in [-0.05, 0) is 71.1 Å². The third-order valence-corrected chi connectivity index (χ3v) is 7.21. The number of rotatable bonds is 2. The van der Waals surface area contributed by atoms with Gasteiger partial charge in [-0.3, -0.25) is 9.59 Å². The number of piperidine rings is 1. The number of likely N-dealkylation sites (tertiary alicyclic amines) is 1. The Hall–Kier alpha value is -4.17. The van der Waals surface area contributed by atoms with E-state index in [9.17, 15) is 9.59 Å². The molecule has 0 aliphatic carbocycles. The Balaban J connectivity index is 1.31. The van der Waals surface area contributed by atoms with Gasteiger partial charge in [0, 0.05) is 42.4 Å². The van der Waals surface area contributed by atoms with Gasteiger partial charge in [-0.25, -0.2) is 0 Å². The molecule has 0 saturated carbocycles. The van der Waals surface area contributed by atoms with Crippen molar-refractivity contribution in [1.29, 1.82) is 5.26 Å². The van der Waals surface area contributed by atoms with Crippen LogP contribution in [-0.2, 0) is 6.54 Å². The lowest BCUT2D eigenvalue weighted by Gasteiger charge is -2.43. The molecule has 2 aliphatic heterocycles. The Labute approximate surface area is 197 Å². The number of fused-ring (bicyclic) bond motifs is 5. The van der Waals surface area contributed by atoms with E-state index in [4.69, 9.17) is 5.26 Å². The van der Waals surface area contributed by atoms with E-state index in [2.05, 4.69) is 36.4 Å². The number of carbonyl (C=O) groups is 1. The quantitative estimate of drug-likeness (QED) is 0.445. The lowest BCUT2D eigenvalue weighted by Crippen LogP contribution is -2.49. The van der Waals surface area contributed by atoms with Gasteiger partial charge >= 0.3 is 0 Å². The van der Waals surface area contributed by atoms with Crippen molar-refractivity contribution in [1.82, 2.24) is 9.47 Å². The van der Waals surface area contributed by atoms with Gasteiger partial charge in [-0.2, -0.15) is 5.26 Å². The Morgan fingerprint density at radius 2 is 1.68 bits per heavy atom. The normalized spacial score (nSPS) is 18.9. The Bertz CT molecular complexity index is 1530. The Morgan fingerprint density at radius 1 is 0.882 bits per heavy atom. The molecule has 0 unspecified atom stereocenters. The number of carbonyl (C=O) groups excluding carboxylic acids is 1. The Kier molecular flexibility index (Phi) is 4.81. The molecule has 0 radical (unpaired) electrons. The summed E-state index contributed by atoms with van der Waals surface area (Å²) in [5.74, 6) is 0.383. The highest BCUT2D eigenvalue weighted by Gasteiger charge is 2.37. The first-order chi connectivity index (χ1) is 16.6. The van der Waals surface area contributed by atoms with E-state index in [1.54, 1.807) is 24.3 Å². The lowest BCUT2D eigenvalue weighted by molar-refractivity contribution is 0.0594. The summed E-state index contributed by atoms with van der Waals surface area (Å²) in [6.07, 6.45) is 0.992. The van der Waals surface area contributed by atoms with Gasteiger partial charge in [-0.15, -0.1) is 0 Å². The number of nitriles is 1. The third-order valence-electron chi connectivity index (χ3n) is 7.21. The maximum Gasteiger partial charge on any atom is 0.258 e. The Morgan fingerprint density at radius 3 is 2.47 bits per heavy atom. The monoisotopic (exact) mass is 445 g/mol. The summed E-state index contributed by atoms with van der Waals surface area (Å²) in [6, 6.07) is 27.3. The molecule has 34 heavy (non-hydrogen) atoms. The third kappa shape index (κ3) is 3.39. The summed E-state index contributed by atoms with van der Waals surface area (Å²) in [5, 5.41) is 11.3. The van der Waals surface area contributed by atoms with Crippen molar-refractivity contribution in [2.45, 2.75) is 18.9 Å². The van der Waals surface area contributed by atoms with Crippen LogP contribution in [0.25, 0.3) is 21.9 Å². The number of aromatic nitrogens is 1. The van der Waals surface area contributed by atoms with Crippen LogP contribution in [0.1, 0.15) is 34.0 Å². The van der Waals surface area contributed by atoms with E-state index >= 15 is 0 Å². The van der Waals surface area contributed by atoms with Crippen molar-refractivity contribution >= 4 is 16.7 Å². The summed E-state index contributed by atoms with van der Waals surface area (Å²) in [6.45, 7) is 1.87. The van der Waals surface area contributed by atoms with E-state index in [0.29, 0.717) is 30.8 Å². The molecule has 1 aromatic heterocycles. The van der Waals surface area contributed by atoms with Crippen molar-refractivity contribution in [3.8, 4) is 17.2 Å². The summed E-state index contributed by atoms with van der Waals surface area (Å²) in [5.41, 5.74) is 3.87. The fourth-order valence-electron chi connectivity index (χ4n) is 5.56. The van der Waals surface area contributed by atoms with Crippen LogP contribution in [0, 0.1) is 17.2 Å². The molecule has 2 atom stereocenters. The first kappa shape index (κ1) is 20.4. The lowest BCUT2D eigenvalue weighted by atomic mass is 9.82. The van der Waals surface area contributed by atoms with E-state index in [1.807, 2.05) is 33.7 Å². The van der Waals surface area contributed by atoms with Crippen LogP contribution < -0.4 is 5.56 Å². The number of nitrogens with zero attached hydrogens (tertiary/aromatic N) is 3. The molecule has 4 aromatic rings. The average molecular weight is 446 g/mol. The van der Waals surface area contributed by atoms with Crippen molar-refractivity contribution in [2.24, 2.45) is 5.92 Å². The van der Waals surface area contributed by atoms with E-state index in [1.165, 1.54) is 0 Å². The molecule has 6 rings (SSSR count). The number of benzene rings is 3. The zero-order valence-corrected chi connectivity index (χ0v) is 18.6. The van der Waals surface area contributed by atoms with Crippen molar-refractivity contribution in [2.75, 3.05) is 13.1 Å². The number of amides is 1. The van der Waals surface area contributed by atoms with Gasteiger partial charge < -0.3 is 9.47 Å². The predicted octanol–water partition coefficient (Wildman–Crippen LogP) is 4.80. The topological polar surface area (TPSA) is 66.1 Å². The minimum Gasteiger partial charge on any atom is -0.338 e. The molecular weight excluding hydrogens is 422 g/mol. The zero-order valence-electron chi connectivity index (χ0n) is 18.6. The molecule has 3 heterocycles. The molecule has 0 spiro atoms. The molecule has 166 valence electrons. The fourth-order valence-corrected chi connectivity index (χ4v) is 5.56. The number of hydrogen-bond donors (Lipinski definition) is 0. The highest BCUT2D eigenvalue weighted by Crippen LogP contribution is 2.36. The molecule has 0 N–H and O–H groups in total. The minimum atomic E-state index is -0.0113. The van der Waals surface area contributed by atoms with Crippen LogP contribution in [0.15, 0.2) is 83.7 Å². The molecule has 2 aliphatic rings. The summed E-state index contributed by atoms with van der Waals surface area (Å²) < 4.78 is 1.94. The summed E-state index contributed by atoms with van der Waals surface area (Å²) in [4.78, 5) is 28.6. The number of pyridine rings is 1. The van der Waals surface area contributed by atoms with E-state index in [-0.39, 0.29) is 23.3 Å². The second-order valence-corrected chi connectivity index (χ2v) is 9.35. The fraction of sp³-hybridized carbons (Fsp3) is 0.207. The van der Waals surface area contributed by atoms with Crippen LogP contribution >= 0.6 is 0 Å². The van der Waals surface area contributed by atoms with Crippen molar-refractivity contribution in [3.63, 3.8) is 0 Å². The largest absolute Gasteiger partial charge is 0.338 e. The van der Waals surface area contributed by atoms with Crippen LogP contribution in [0.5, 0.6) is 0 Å². The summed E-state index contributed by atoms with van der Waals surface area (Å²) >= 11 is 0. The smallest absolute Gasteiger partial charge is 0.258 e. The predicted molar refractivity (Wildman–Crippen MR) is 132 cm³/mol. The minimum absolute atomic E-state index is 0.0113. The van der Waals surface area contributed by atoms with Crippen LogP contribution in [-0.4, -0.2) is 28.5 Å². The highest BCUT2D eigenvalue weighted by molar-refractivity contribution is 5.94. The number of hydrogen-bond acceptors (Lipinski definition) is 3. The van der Waals surface area contributed by atoms with Crippen molar-refractivity contribution < 1.29 is 4.79 Å². The molecule has 1 fully saturated rings. The maximum absolute atomic E-state index is 13.5. The van der Waals surface area contributed by atoms with E-state index < -0.39 is 0 Å². The molecule has 1 saturated heterocycles. The highest BCUT2D eigenvalue weighted by atomic mass is 16.2.